The maximum Gasteiger partial charge on any atom is 0.408 e. The Morgan fingerprint density at radius 1 is 0.958 bits per heavy atom. The summed E-state index contributed by atoms with van der Waals surface area (Å²) < 4.78 is 13.0. The number of benzene rings is 1. The van der Waals surface area contributed by atoms with Crippen molar-refractivity contribution in [2.75, 3.05) is 25.0 Å². The first kappa shape index (κ1) is 36.9. The predicted octanol–water partition coefficient (Wildman–Crippen LogP) is 5.21. The van der Waals surface area contributed by atoms with Gasteiger partial charge in [-0.3, -0.25) is 14.4 Å². The second kappa shape index (κ2) is 16.5. The zero-order valence-corrected chi connectivity index (χ0v) is 29.4. The summed E-state index contributed by atoms with van der Waals surface area (Å²) in [7, 11) is 0. The molecule has 2 aliphatic rings. The fourth-order valence-corrected chi connectivity index (χ4v) is 6.21. The molecule has 4 amide bonds. The molecule has 0 bridgehead atoms. The van der Waals surface area contributed by atoms with Gasteiger partial charge in [-0.15, -0.1) is 0 Å². The van der Waals surface area contributed by atoms with Crippen molar-refractivity contribution in [1.82, 2.24) is 25.1 Å². The molecular weight excluding hydrogens is 612 g/mol. The number of likely N-dealkylation sites (tertiary alicyclic amines) is 1. The highest BCUT2D eigenvalue weighted by molar-refractivity contribution is 5.98. The van der Waals surface area contributed by atoms with Crippen LogP contribution in [0, 0.1) is 11.8 Å². The van der Waals surface area contributed by atoms with Crippen molar-refractivity contribution in [3.8, 4) is 0 Å². The van der Waals surface area contributed by atoms with Crippen molar-refractivity contribution in [1.29, 1.82) is 0 Å². The molecule has 48 heavy (non-hydrogen) atoms. The minimum absolute atomic E-state index is 0.114. The summed E-state index contributed by atoms with van der Waals surface area (Å²) in [5, 5.41) is 8.13. The third-order valence-corrected chi connectivity index (χ3v) is 9.02. The van der Waals surface area contributed by atoms with E-state index in [4.69, 9.17) is 9.47 Å². The Morgan fingerprint density at radius 3 is 2.27 bits per heavy atom. The van der Waals surface area contributed by atoms with Crippen LogP contribution in [0.25, 0.3) is 0 Å². The van der Waals surface area contributed by atoms with Gasteiger partial charge in [0.1, 0.15) is 23.2 Å². The molecule has 0 spiro atoms. The molecule has 1 aromatic heterocycles. The zero-order valence-electron chi connectivity index (χ0n) is 29.4. The smallest absolute Gasteiger partial charge is 0.408 e. The maximum atomic E-state index is 13.9. The molecular formula is C36H54N6O6. The van der Waals surface area contributed by atoms with E-state index in [9.17, 15) is 19.2 Å². The summed E-state index contributed by atoms with van der Waals surface area (Å²) in [5.41, 5.74) is -1.24. The number of ether oxygens (including phenoxy) is 2. The van der Waals surface area contributed by atoms with Crippen LogP contribution in [0.15, 0.2) is 42.9 Å². The van der Waals surface area contributed by atoms with Gasteiger partial charge in [-0.2, -0.15) is 0 Å². The quantitative estimate of drug-likeness (QED) is 0.282. The van der Waals surface area contributed by atoms with Gasteiger partial charge in [-0.05, 0) is 77.7 Å². The minimum Gasteiger partial charge on any atom is -0.444 e. The Labute approximate surface area is 284 Å². The highest BCUT2D eigenvalue weighted by atomic mass is 16.6. The van der Waals surface area contributed by atoms with Gasteiger partial charge in [0, 0.05) is 19.3 Å². The molecule has 1 saturated heterocycles. The van der Waals surface area contributed by atoms with Crippen LogP contribution in [0.1, 0.15) is 98.1 Å². The van der Waals surface area contributed by atoms with Crippen LogP contribution in [0.4, 0.5) is 10.6 Å². The number of alkyl carbamates (subject to hydrolysis) is 1. The van der Waals surface area contributed by atoms with Crippen LogP contribution in [-0.2, 0) is 30.5 Å². The van der Waals surface area contributed by atoms with E-state index in [1.54, 1.807) is 33.3 Å². The van der Waals surface area contributed by atoms with Crippen LogP contribution in [0.3, 0.4) is 0 Å². The molecule has 4 rings (SSSR count). The van der Waals surface area contributed by atoms with Crippen molar-refractivity contribution in [2.45, 2.75) is 116 Å². The van der Waals surface area contributed by atoms with E-state index in [0.717, 1.165) is 57.2 Å². The van der Waals surface area contributed by atoms with Gasteiger partial charge in [-0.1, -0.05) is 56.5 Å². The summed E-state index contributed by atoms with van der Waals surface area (Å²) in [6, 6.07) is 7.99. The highest BCUT2D eigenvalue weighted by Gasteiger charge is 2.37. The Kier molecular flexibility index (Phi) is 12.6. The van der Waals surface area contributed by atoms with E-state index in [2.05, 4.69) is 27.9 Å². The van der Waals surface area contributed by atoms with Gasteiger partial charge >= 0.3 is 6.09 Å². The number of hydrogen-bond acceptors (Lipinski definition) is 7. The van der Waals surface area contributed by atoms with Crippen LogP contribution in [0.2, 0.25) is 0 Å². The lowest BCUT2D eigenvalue weighted by molar-refractivity contribution is -0.138. The number of carbonyl (C=O) groups is 4. The van der Waals surface area contributed by atoms with E-state index in [-0.39, 0.29) is 36.9 Å². The van der Waals surface area contributed by atoms with Gasteiger partial charge in [-0.25, -0.2) is 9.78 Å². The molecule has 3 N–H and O–H groups in total. The fraction of sp³-hybridized carbons (Fsp3) is 0.639. The molecule has 264 valence electrons. The van der Waals surface area contributed by atoms with Gasteiger partial charge in [0.2, 0.25) is 11.8 Å². The van der Waals surface area contributed by atoms with Gasteiger partial charge < -0.3 is 34.9 Å². The lowest BCUT2D eigenvalue weighted by atomic mass is 9.83. The number of aromatic nitrogens is 2. The number of carbonyl (C=O) groups excluding carboxylic acids is 4. The molecule has 12 nitrogen and oxygen atoms in total. The minimum atomic E-state index is -1.40. The molecule has 1 aliphatic heterocycles. The first-order valence-electron chi connectivity index (χ1n) is 17.3. The number of nitrogens with zero attached hydrogens (tertiary/aromatic N) is 3. The molecule has 12 heteroatoms. The molecule has 2 fully saturated rings. The predicted molar refractivity (Wildman–Crippen MR) is 183 cm³/mol. The highest BCUT2D eigenvalue weighted by Crippen LogP contribution is 2.35. The molecule has 1 aliphatic carbocycles. The molecule has 1 aromatic carbocycles. The number of piperidine rings is 1. The molecule has 2 aromatic rings. The SMILES string of the molecule is CC1CCN(C(=O)C(C2CCCCC2)n2cnc(NC(=O)[C@@H](COCc3ccccc3)NC(=O)C(C)(C)NC(=O)OC(C)(C)C)c2)CC1. The second-order valence-corrected chi connectivity index (χ2v) is 14.8. The van der Waals surface area contributed by atoms with Gasteiger partial charge in [0.15, 0.2) is 5.82 Å². The van der Waals surface area contributed by atoms with Crippen molar-refractivity contribution in [3.63, 3.8) is 0 Å². The molecule has 1 saturated carbocycles. The third-order valence-electron chi connectivity index (χ3n) is 9.02. The summed E-state index contributed by atoms with van der Waals surface area (Å²) in [6.45, 7) is 12.1. The second-order valence-electron chi connectivity index (χ2n) is 14.8. The first-order valence-corrected chi connectivity index (χ1v) is 17.3. The number of hydrogen-bond donors (Lipinski definition) is 3. The number of nitrogens with one attached hydrogen (secondary N) is 3. The van der Waals surface area contributed by atoms with Crippen molar-refractivity contribution < 1.29 is 28.7 Å². The van der Waals surface area contributed by atoms with Crippen LogP contribution >= 0.6 is 0 Å². The Hall–Kier alpha value is -3.93. The third kappa shape index (κ3) is 10.8. The van der Waals surface area contributed by atoms with Crippen molar-refractivity contribution in [2.24, 2.45) is 11.8 Å². The first-order chi connectivity index (χ1) is 22.7. The zero-order chi connectivity index (χ0) is 34.9. The maximum absolute atomic E-state index is 13.9. The largest absolute Gasteiger partial charge is 0.444 e. The van der Waals surface area contributed by atoms with E-state index in [0.29, 0.717) is 5.92 Å². The lowest BCUT2D eigenvalue weighted by Gasteiger charge is -2.37. The number of amides is 4. The Balaban J connectivity index is 1.48. The van der Waals surface area contributed by atoms with Crippen molar-refractivity contribution in [3.05, 3.63) is 48.4 Å². The lowest BCUT2D eigenvalue weighted by Crippen LogP contribution is -2.59. The van der Waals surface area contributed by atoms with E-state index >= 15 is 0 Å². The van der Waals surface area contributed by atoms with Crippen LogP contribution in [-0.4, -0.2) is 75.1 Å². The van der Waals surface area contributed by atoms with Gasteiger partial charge in [0.05, 0.1) is 19.5 Å². The van der Waals surface area contributed by atoms with Gasteiger partial charge in [0.25, 0.3) is 5.91 Å². The Bertz CT molecular complexity index is 1370. The number of imidazole rings is 1. The van der Waals surface area contributed by atoms with Crippen molar-refractivity contribution >= 4 is 29.6 Å². The molecule has 1 unspecified atom stereocenters. The summed E-state index contributed by atoms with van der Waals surface area (Å²) in [4.78, 5) is 59.9. The molecule has 0 radical (unpaired) electrons. The fourth-order valence-electron chi connectivity index (χ4n) is 6.21. The Morgan fingerprint density at radius 2 is 1.62 bits per heavy atom. The topological polar surface area (TPSA) is 144 Å². The summed E-state index contributed by atoms with van der Waals surface area (Å²) in [5.74, 6) is 0.0570. The number of rotatable bonds is 12. The standard InChI is InChI=1S/C36H54N6O6/c1-25-17-19-41(20-18-25)32(44)30(27-15-11-8-12-16-27)42-21-29(37-24-42)39-31(43)28(23-47-22-26-13-9-7-10-14-26)38-33(45)36(5,6)40-34(46)48-35(2,3)4/h7,9-10,13-14,21,24-25,27-28,30H,8,11-12,15-20,22-23H2,1-6H3,(H,38,45)(H,39,43)(H,40,46)/t28-,30?/m1/s1. The average Bonchev–Trinajstić information content (AvgIpc) is 3.48. The summed E-state index contributed by atoms with van der Waals surface area (Å²) in [6.07, 6.45) is 9.87. The summed E-state index contributed by atoms with van der Waals surface area (Å²) >= 11 is 0. The number of anilines is 1. The average molecular weight is 667 g/mol. The van der Waals surface area contributed by atoms with E-state index < -0.39 is 35.1 Å². The van der Waals surface area contributed by atoms with Crippen LogP contribution in [0.5, 0.6) is 0 Å². The monoisotopic (exact) mass is 666 g/mol. The normalized spacial score (nSPS) is 17.7. The van der Waals surface area contributed by atoms with E-state index in [1.807, 2.05) is 39.8 Å². The van der Waals surface area contributed by atoms with E-state index in [1.165, 1.54) is 20.3 Å². The van der Waals surface area contributed by atoms with Crippen LogP contribution < -0.4 is 16.0 Å². The molecule has 2 heterocycles. The molecule has 2 atom stereocenters.